The maximum absolute atomic E-state index is 5.66. The minimum Gasteiger partial charge on any atom is -0.379 e. The van der Waals surface area contributed by atoms with Crippen molar-refractivity contribution >= 4 is 5.69 Å². The van der Waals surface area contributed by atoms with Gasteiger partial charge in [-0.05, 0) is 50.4 Å². The fraction of sp³-hybridized carbons (Fsp3) is 0.800. The van der Waals surface area contributed by atoms with Crippen LogP contribution in [0.25, 0.3) is 0 Å². The molecule has 0 bridgehead atoms. The Morgan fingerprint density at radius 3 is 2.68 bits per heavy atom. The summed E-state index contributed by atoms with van der Waals surface area (Å²) < 4.78 is 7.70. The van der Waals surface area contributed by atoms with Gasteiger partial charge in [-0.2, -0.15) is 5.10 Å². The number of nitrogens with zero attached hydrogens (tertiary/aromatic N) is 2. The summed E-state index contributed by atoms with van der Waals surface area (Å²) in [6.45, 7) is 1.82. The number of hydrogen-bond donors (Lipinski definition) is 1. The molecule has 2 saturated carbocycles. The lowest BCUT2D eigenvalue weighted by Crippen LogP contribution is -2.23. The first-order chi connectivity index (χ1) is 9.38. The number of rotatable bonds is 6. The molecule has 0 radical (unpaired) electrons. The first-order valence-electron chi connectivity index (χ1n) is 7.79. The van der Waals surface area contributed by atoms with E-state index in [9.17, 15) is 0 Å². The predicted octanol–water partition coefficient (Wildman–Crippen LogP) is 2.66. The molecule has 4 nitrogen and oxygen atoms in total. The summed E-state index contributed by atoms with van der Waals surface area (Å²) in [7, 11) is 0. The summed E-state index contributed by atoms with van der Waals surface area (Å²) in [6.07, 6.45) is 12.5. The highest BCUT2D eigenvalue weighted by Crippen LogP contribution is 2.45. The summed E-state index contributed by atoms with van der Waals surface area (Å²) in [6, 6.07) is 0.709. The molecule has 0 aromatic carbocycles. The van der Waals surface area contributed by atoms with Gasteiger partial charge in [0.1, 0.15) is 0 Å². The van der Waals surface area contributed by atoms with Gasteiger partial charge in [0.25, 0.3) is 0 Å². The lowest BCUT2D eigenvalue weighted by molar-refractivity contribution is 0.0940. The van der Waals surface area contributed by atoms with Crippen LogP contribution in [0.3, 0.4) is 0 Å². The molecule has 1 atom stereocenters. The summed E-state index contributed by atoms with van der Waals surface area (Å²) >= 11 is 0. The fourth-order valence-corrected chi connectivity index (χ4v) is 3.26. The van der Waals surface area contributed by atoms with Crippen LogP contribution in [-0.4, -0.2) is 28.5 Å². The highest BCUT2D eigenvalue weighted by atomic mass is 16.5. The number of ether oxygens (including phenoxy) is 1. The van der Waals surface area contributed by atoms with E-state index in [1.807, 2.05) is 10.9 Å². The van der Waals surface area contributed by atoms with E-state index in [2.05, 4.69) is 16.6 Å². The molecule has 4 heteroatoms. The Balaban J connectivity index is 1.36. The SMILES string of the molecule is c1nn(CC2CCCO2)cc1NC(C1CC1)C1CC1. The van der Waals surface area contributed by atoms with Gasteiger partial charge in [0.2, 0.25) is 0 Å². The quantitative estimate of drug-likeness (QED) is 0.855. The van der Waals surface area contributed by atoms with Gasteiger partial charge in [-0.25, -0.2) is 0 Å². The minimum absolute atomic E-state index is 0.371. The third-order valence-electron chi connectivity index (χ3n) is 4.64. The third-order valence-corrected chi connectivity index (χ3v) is 4.64. The molecule has 4 rings (SSSR count). The summed E-state index contributed by atoms with van der Waals surface area (Å²) in [5.74, 6) is 1.85. The molecule has 0 amide bonds. The lowest BCUT2D eigenvalue weighted by Gasteiger charge is -2.17. The smallest absolute Gasteiger partial charge is 0.0771 e. The topological polar surface area (TPSA) is 39.1 Å². The van der Waals surface area contributed by atoms with Crippen molar-refractivity contribution in [1.29, 1.82) is 0 Å². The second-order valence-electron chi connectivity index (χ2n) is 6.43. The Bertz CT molecular complexity index is 418. The molecule has 0 spiro atoms. The molecule has 1 aromatic rings. The summed E-state index contributed by atoms with van der Waals surface area (Å²) in [4.78, 5) is 0. The van der Waals surface area contributed by atoms with Crippen LogP contribution < -0.4 is 5.32 Å². The predicted molar refractivity (Wildman–Crippen MR) is 74.1 cm³/mol. The number of nitrogens with one attached hydrogen (secondary N) is 1. The maximum atomic E-state index is 5.66. The van der Waals surface area contributed by atoms with Crippen molar-refractivity contribution in [3.8, 4) is 0 Å². The molecule has 1 unspecified atom stereocenters. The van der Waals surface area contributed by atoms with Crippen molar-refractivity contribution in [1.82, 2.24) is 9.78 Å². The van der Waals surface area contributed by atoms with Crippen LogP contribution in [0, 0.1) is 11.8 Å². The highest BCUT2D eigenvalue weighted by Gasteiger charge is 2.41. The average molecular weight is 261 g/mol. The third kappa shape index (κ3) is 2.78. The molecule has 1 saturated heterocycles. The molecular formula is C15H23N3O. The van der Waals surface area contributed by atoms with Gasteiger partial charge in [0, 0.05) is 18.8 Å². The normalized spacial score (nSPS) is 27.1. The van der Waals surface area contributed by atoms with Gasteiger partial charge < -0.3 is 10.1 Å². The van der Waals surface area contributed by atoms with E-state index in [0.717, 1.165) is 25.0 Å². The van der Waals surface area contributed by atoms with Gasteiger partial charge >= 0.3 is 0 Å². The van der Waals surface area contributed by atoms with E-state index < -0.39 is 0 Å². The fourth-order valence-electron chi connectivity index (χ4n) is 3.26. The number of hydrogen-bond acceptors (Lipinski definition) is 3. The first-order valence-corrected chi connectivity index (χ1v) is 7.79. The second-order valence-corrected chi connectivity index (χ2v) is 6.43. The first kappa shape index (κ1) is 11.8. The Morgan fingerprint density at radius 1 is 1.26 bits per heavy atom. The number of aromatic nitrogens is 2. The Labute approximate surface area is 114 Å². The Morgan fingerprint density at radius 2 is 2.05 bits per heavy atom. The largest absolute Gasteiger partial charge is 0.379 e. The van der Waals surface area contributed by atoms with Crippen molar-refractivity contribution in [3.05, 3.63) is 12.4 Å². The molecular weight excluding hydrogens is 238 g/mol. The van der Waals surface area contributed by atoms with E-state index >= 15 is 0 Å². The van der Waals surface area contributed by atoms with Crippen LogP contribution in [0.4, 0.5) is 5.69 Å². The summed E-state index contributed by atoms with van der Waals surface area (Å²) in [5, 5.41) is 8.19. The minimum atomic E-state index is 0.371. The van der Waals surface area contributed by atoms with Gasteiger partial charge in [-0.15, -0.1) is 0 Å². The monoisotopic (exact) mass is 261 g/mol. The van der Waals surface area contributed by atoms with Gasteiger partial charge in [-0.1, -0.05) is 0 Å². The van der Waals surface area contributed by atoms with Crippen molar-refractivity contribution in [2.75, 3.05) is 11.9 Å². The molecule has 1 N–H and O–H groups in total. The molecule has 1 aromatic heterocycles. The standard InChI is InChI=1S/C15H23N3O/c1-2-14(19-7-1)10-18-9-13(8-16-18)17-15(11-3-4-11)12-5-6-12/h8-9,11-12,14-15,17H,1-7,10H2. The van der Waals surface area contributed by atoms with E-state index in [-0.39, 0.29) is 0 Å². The molecule has 2 heterocycles. The maximum Gasteiger partial charge on any atom is 0.0771 e. The van der Waals surface area contributed by atoms with Gasteiger partial charge in [0.15, 0.2) is 0 Å². The zero-order valence-corrected chi connectivity index (χ0v) is 11.4. The van der Waals surface area contributed by atoms with Crippen molar-refractivity contribution in [2.24, 2.45) is 11.8 Å². The van der Waals surface area contributed by atoms with Crippen LogP contribution in [0.5, 0.6) is 0 Å². The van der Waals surface area contributed by atoms with Crippen molar-refractivity contribution in [3.63, 3.8) is 0 Å². The molecule has 104 valence electrons. The lowest BCUT2D eigenvalue weighted by atomic mass is 10.1. The average Bonchev–Trinajstić information content (AvgIpc) is 3.34. The van der Waals surface area contributed by atoms with E-state index in [0.29, 0.717) is 12.1 Å². The number of anilines is 1. The van der Waals surface area contributed by atoms with Crippen LogP contribution >= 0.6 is 0 Å². The van der Waals surface area contributed by atoms with Crippen molar-refractivity contribution < 1.29 is 4.74 Å². The highest BCUT2D eigenvalue weighted by molar-refractivity contribution is 5.40. The Kier molecular flexibility index (Phi) is 2.98. The Hall–Kier alpha value is -1.03. The van der Waals surface area contributed by atoms with Gasteiger partial charge in [-0.3, -0.25) is 4.68 Å². The van der Waals surface area contributed by atoms with Gasteiger partial charge in [0.05, 0.1) is 24.5 Å². The van der Waals surface area contributed by atoms with E-state index in [1.54, 1.807) is 0 Å². The molecule has 19 heavy (non-hydrogen) atoms. The summed E-state index contributed by atoms with van der Waals surface area (Å²) in [5.41, 5.74) is 1.20. The van der Waals surface area contributed by atoms with E-state index in [4.69, 9.17) is 4.74 Å². The second kappa shape index (κ2) is 4.82. The van der Waals surface area contributed by atoms with E-state index in [1.165, 1.54) is 44.2 Å². The molecule has 2 aliphatic carbocycles. The molecule has 1 aliphatic heterocycles. The van der Waals surface area contributed by atoms with Crippen molar-refractivity contribution in [2.45, 2.75) is 57.2 Å². The van der Waals surface area contributed by atoms with Crippen LogP contribution in [0.15, 0.2) is 12.4 Å². The zero-order chi connectivity index (χ0) is 12.7. The van der Waals surface area contributed by atoms with Crippen LogP contribution in [-0.2, 0) is 11.3 Å². The zero-order valence-electron chi connectivity index (χ0n) is 11.4. The van der Waals surface area contributed by atoms with Crippen LogP contribution in [0.1, 0.15) is 38.5 Å². The van der Waals surface area contributed by atoms with Crippen LogP contribution in [0.2, 0.25) is 0 Å². The molecule has 3 fully saturated rings. The molecule has 3 aliphatic rings.